The van der Waals surface area contributed by atoms with Crippen LogP contribution in [0.3, 0.4) is 0 Å². The molecule has 0 aromatic rings. The predicted molar refractivity (Wildman–Crippen MR) is 234 cm³/mol. The Labute approximate surface area is 335 Å². The first kappa shape index (κ1) is 48.5. The van der Waals surface area contributed by atoms with Gasteiger partial charge in [0.25, 0.3) is 0 Å². The van der Waals surface area contributed by atoms with Crippen LogP contribution in [0.2, 0.25) is 0 Å². The first-order valence-electron chi connectivity index (χ1n) is 23.3. The maximum absolute atomic E-state index is 12.9. The highest BCUT2D eigenvalue weighted by molar-refractivity contribution is 5.76. The molecule has 1 amide bonds. The van der Waals surface area contributed by atoms with E-state index in [4.69, 9.17) is 9.47 Å². The summed E-state index contributed by atoms with van der Waals surface area (Å²) in [6.07, 6.45) is 54.6. The third-order valence-corrected chi connectivity index (χ3v) is 11.5. The molecule has 0 unspecified atom stereocenters. The molecule has 2 fully saturated rings. The summed E-state index contributed by atoms with van der Waals surface area (Å²) in [5.74, 6) is -0.123. The Morgan fingerprint density at radius 1 is 0.574 bits per heavy atom. The van der Waals surface area contributed by atoms with E-state index < -0.39 is 5.79 Å². The average molecular weight is 753 g/mol. The van der Waals surface area contributed by atoms with Crippen LogP contribution in [-0.2, 0) is 14.3 Å². The molecule has 0 aromatic heterocycles. The van der Waals surface area contributed by atoms with Crippen LogP contribution in [0.15, 0.2) is 48.6 Å². The van der Waals surface area contributed by atoms with Crippen molar-refractivity contribution in [2.45, 2.75) is 218 Å². The average Bonchev–Trinajstić information content (AvgIpc) is 3.51. The molecule has 5 nitrogen and oxygen atoms in total. The van der Waals surface area contributed by atoms with Crippen LogP contribution < -0.4 is 0 Å². The fourth-order valence-electron chi connectivity index (χ4n) is 7.97. The van der Waals surface area contributed by atoms with Gasteiger partial charge in [-0.05, 0) is 117 Å². The summed E-state index contributed by atoms with van der Waals surface area (Å²) in [7, 11) is 4.15. The Bertz CT molecular complexity index is 958. The number of carbonyl (C=O) groups is 1. The molecule has 0 aromatic carbocycles. The molecule has 0 radical (unpaired) electrons. The van der Waals surface area contributed by atoms with Crippen molar-refractivity contribution in [3.8, 4) is 0 Å². The van der Waals surface area contributed by atoms with Crippen molar-refractivity contribution in [1.82, 2.24) is 9.80 Å². The molecule has 0 saturated carbocycles. The first-order chi connectivity index (χ1) is 26.4. The number of rotatable bonds is 34. The molecule has 1 spiro atoms. The molecule has 5 heteroatoms. The number of carbonyl (C=O) groups excluding carboxylic acids is 1. The quantitative estimate of drug-likeness (QED) is 0.0485. The second-order valence-electron chi connectivity index (χ2n) is 16.9. The van der Waals surface area contributed by atoms with Gasteiger partial charge < -0.3 is 19.3 Å². The van der Waals surface area contributed by atoms with Crippen LogP contribution in [0.25, 0.3) is 0 Å². The number of likely N-dealkylation sites (tertiary alicyclic amines) is 1. The van der Waals surface area contributed by atoms with Crippen molar-refractivity contribution >= 4 is 5.91 Å². The molecular weight excluding hydrogens is 665 g/mol. The third-order valence-electron chi connectivity index (χ3n) is 11.5. The summed E-state index contributed by atoms with van der Waals surface area (Å²) >= 11 is 0. The van der Waals surface area contributed by atoms with Gasteiger partial charge in [0.1, 0.15) is 0 Å². The summed E-state index contributed by atoms with van der Waals surface area (Å²) < 4.78 is 13.8. The van der Waals surface area contributed by atoms with Crippen LogP contribution in [0, 0.1) is 0 Å². The van der Waals surface area contributed by atoms with E-state index in [1.807, 2.05) is 0 Å². The summed E-state index contributed by atoms with van der Waals surface area (Å²) in [6.45, 7) is 7.80. The summed E-state index contributed by atoms with van der Waals surface area (Å²) in [5, 5.41) is 0. The zero-order chi connectivity index (χ0) is 38.8. The molecule has 312 valence electrons. The lowest BCUT2D eigenvalue weighted by atomic mass is 9.91. The van der Waals surface area contributed by atoms with Gasteiger partial charge in [-0.1, -0.05) is 140 Å². The summed E-state index contributed by atoms with van der Waals surface area (Å²) in [4.78, 5) is 17.1. The van der Waals surface area contributed by atoms with Gasteiger partial charge in [0.2, 0.25) is 5.91 Å². The molecule has 2 aliphatic heterocycles. The highest BCUT2D eigenvalue weighted by Crippen LogP contribution is 2.44. The van der Waals surface area contributed by atoms with Gasteiger partial charge in [-0.3, -0.25) is 4.79 Å². The molecular formula is C49H88N2O3. The Hall–Kier alpha value is -1.69. The van der Waals surface area contributed by atoms with E-state index in [-0.39, 0.29) is 5.60 Å². The Balaban J connectivity index is 1.69. The number of ether oxygens (including phenoxy) is 2. The minimum atomic E-state index is -0.428. The van der Waals surface area contributed by atoms with E-state index in [2.05, 4.69) is 86.4 Å². The van der Waals surface area contributed by atoms with E-state index in [1.54, 1.807) is 0 Å². The van der Waals surface area contributed by atoms with Crippen LogP contribution in [0.4, 0.5) is 0 Å². The third kappa shape index (κ3) is 24.1. The van der Waals surface area contributed by atoms with Gasteiger partial charge >= 0.3 is 0 Å². The molecule has 2 heterocycles. The Morgan fingerprint density at radius 2 is 1.00 bits per heavy atom. The monoisotopic (exact) mass is 753 g/mol. The maximum Gasteiger partial charge on any atom is 0.222 e. The minimum absolute atomic E-state index is 0.211. The van der Waals surface area contributed by atoms with E-state index >= 15 is 0 Å². The van der Waals surface area contributed by atoms with Crippen LogP contribution in [0.1, 0.15) is 206 Å². The molecule has 0 aliphatic carbocycles. The number of nitrogens with zero attached hydrogens (tertiary/aromatic N) is 2. The van der Waals surface area contributed by atoms with Crippen LogP contribution in [0.5, 0.6) is 0 Å². The summed E-state index contributed by atoms with van der Waals surface area (Å²) in [6, 6.07) is 0. The van der Waals surface area contributed by atoms with Crippen molar-refractivity contribution in [1.29, 1.82) is 0 Å². The van der Waals surface area contributed by atoms with Crippen molar-refractivity contribution in [2.75, 3.05) is 40.3 Å². The van der Waals surface area contributed by atoms with Gasteiger partial charge in [-0.25, -0.2) is 0 Å². The Morgan fingerprint density at radius 3 is 1.44 bits per heavy atom. The van der Waals surface area contributed by atoms with Crippen molar-refractivity contribution in [3.05, 3.63) is 48.6 Å². The number of unbranched alkanes of at least 4 members (excludes halogenated alkanes) is 18. The Kier molecular flexibility index (Phi) is 29.1. The van der Waals surface area contributed by atoms with Gasteiger partial charge in [0.05, 0.1) is 12.2 Å². The number of allylic oxidation sites excluding steroid dienone is 8. The van der Waals surface area contributed by atoms with Gasteiger partial charge in [0.15, 0.2) is 5.79 Å². The van der Waals surface area contributed by atoms with Gasteiger partial charge in [0, 0.05) is 32.4 Å². The van der Waals surface area contributed by atoms with Crippen LogP contribution in [-0.4, -0.2) is 67.4 Å². The summed E-state index contributed by atoms with van der Waals surface area (Å²) in [5.41, 5.74) is -0.211. The van der Waals surface area contributed by atoms with Crippen molar-refractivity contribution in [3.63, 3.8) is 0 Å². The number of hydrogen-bond acceptors (Lipinski definition) is 4. The second-order valence-corrected chi connectivity index (χ2v) is 16.9. The smallest absolute Gasteiger partial charge is 0.222 e. The van der Waals surface area contributed by atoms with Crippen LogP contribution >= 0.6 is 0 Å². The van der Waals surface area contributed by atoms with Crippen molar-refractivity contribution in [2.24, 2.45) is 0 Å². The molecule has 2 aliphatic rings. The maximum atomic E-state index is 12.9. The molecule has 2 saturated heterocycles. The first-order valence-corrected chi connectivity index (χ1v) is 23.3. The predicted octanol–water partition coefficient (Wildman–Crippen LogP) is 13.8. The van der Waals surface area contributed by atoms with E-state index in [0.717, 1.165) is 64.6 Å². The van der Waals surface area contributed by atoms with E-state index in [9.17, 15) is 4.79 Å². The minimum Gasteiger partial charge on any atom is -0.347 e. The van der Waals surface area contributed by atoms with Gasteiger partial charge in [-0.15, -0.1) is 0 Å². The fourth-order valence-corrected chi connectivity index (χ4v) is 7.97. The standard InChI is InChI=1S/C49H88N2O3/c1-5-7-9-11-13-15-17-19-21-23-25-27-29-31-33-35-39-49(40-36-34-32-30-28-26-24-22-20-18-16-14-12-10-8-6-2)53-46-48(54-49)41-44-51(45-42-48)47(52)38-37-43-50(3)4/h13-16,19-22H,5-12,17-18,23-46H2,1-4H3/b15-13-,16-14-,21-19-,22-20-. The highest BCUT2D eigenvalue weighted by atomic mass is 16.8. The lowest BCUT2D eigenvalue weighted by Crippen LogP contribution is -2.49. The normalized spacial score (nSPS) is 17.2. The molecule has 0 N–H and O–H groups in total. The zero-order valence-electron chi connectivity index (χ0n) is 36.3. The molecule has 54 heavy (non-hydrogen) atoms. The number of amides is 1. The largest absolute Gasteiger partial charge is 0.347 e. The topological polar surface area (TPSA) is 42.0 Å². The van der Waals surface area contributed by atoms with Gasteiger partial charge in [-0.2, -0.15) is 0 Å². The van der Waals surface area contributed by atoms with Crippen molar-refractivity contribution < 1.29 is 14.3 Å². The molecule has 0 bridgehead atoms. The van der Waals surface area contributed by atoms with E-state index in [1.165, 1.54) is 141 Å². The lowest BCUT2D eigenvalue weighted by Gasteiger charge is -2.39. The SMILES string of the molecule is CCCCC/C=C\C/C=C\CCCCCCCCC1(CCCCCCCC/C=C\C/C=C\CCCCC)OCC2(CCN(C(=O)CCCN(C)C)CC2)O1. The fraction of sp³-hybridized carbons (Fsp3) is 0.816. The highest BCUT2D eigenvalue weighted by Gasteiger charge is 2.51. The lowest BCUT2D eigenvalue weighted by molar-refractivity contribution is -0.204. The number of piperidine rings is 1. The zero-order valence-corrected chi connectivity index (χ0v) is 36.3. The number of hydrogen-bond donors (Lipinski definition) is 0. The second kappa shape index (κ2) is 32.4. The van der Waals surface area contributed by atoms with E-state index in [0.29, 0.717) is 18.9 Å². The molecule has 2 rings (SSSR count). The molecule has 0 atom stereocenters.